The Morgan fingerprint density at radius 1 is 1.42 bits per heavy atom. The molecule has 3 unspecified atom stereocenters. The van der Waals surface area contributed by atoms with Crippen LogP contribution < -0.4 is 10.2 Å². The van der Waals surface area contributed by atoms with Crippen LogP contribution in [0.1, 0.15) is 12.8 Å². The van der Waals surface area contributed by atoms with Gasteiger partial charge in [-0.3, -0.25) is 14.7 Å². The first-order valence-electron chi connectivity index (χ1n) is 3.30. The third-order valence-corrected chi connectivity index (χ3v) is 2.04. The summed E-state index contributed by atoms with van der Waals surface area (Å²) < 4.78 is 0. The average molecular weight is 210 g/mol. The van der Waals surface area contributed by atoms with E-state index in [9.17, 15) is 9.59 Å². The van der Waals surface area contributed by atoms with E-state index in [0.29, 0.717) is 0 Å². The minimum absolute atomic E-state index is 0.188. The van der Waals surface area contributed by atoms with E-state index in [1.165, 1.54) is 0 Å². The van der Waals surface area contributed by atoms with Crippen molar-refractivity contribution in [3.63, 3.8) is 0 Å². The summed E-state index contributed by atoms with van der Waals surface area (Å²) in [6.07, 6.45) is 0.473. The predicted octanol–water partition coefficient (Wildman–Crippen LogP) is -0.494. The van der Waals surface area contributed by atoms with Gasteiger partial charge in [-0.05, 0) is 15.8 Å². The maximum absolute atomic E-state index is 10.7. The molecule has 0 rings (SSSR count). The van der Waals surface area contributed by atoms with E-state index < -0.39 is 12.0 Å². The highest BCUT2D eigenvalue weighted by Crippen LogP contribution is 1.99. The van der Waals surface area contributed by atoms with E-state index in [2.05, 4.69) is 29.0 Å². The first kappa shape index (κ1) is 11.8. The molecule has 0 saturated carbocycles. The number of amides is 1. The molecule has 1 amide bonds. The molecular weight excluding hydrogens is 198 g/mol. The van der Waals surface area contributed by atoms with Crippen LogP contribution in [-0.4, -0.2) is 23.0 Å². The zero-order chi connectivity index (χ0) is 9.56. The van der Waals surface area contributed by atoms with Crippen molar-refractivity contribution in [1.82, 2.24) is 10.2 Å². The molecule has 0 aromatic carbocycles. The highest BCUT2D eigenvalue weighted by atomic mass is 31.0. The lowest BCUT2D eigenvalue weighted by Crippen LogP contribution is -2.31. The molecule has 0 aliphatic heterocycles. The third kappa shape index (κ3) is 4.60. The fourth-order valence-electron chi connectivity index (χ4n) is 0.626. The highest BCUT2D eigenvalue weighted by Gasteiger charge is 2.15. The zero-order valence-electron chi connectivity index (χ0n) is 6.41. The van der Waals surface area contributed by atoms with Gasteiger partial charge in [0.25, 0.3) is 0 Å². The van der Waals surface area contributed by atoms with Gasteiger partial charge in [0.2, 0.25) is 5.91 Å². The largest absolute Gasteiger partial charge is 0.480 e. The Morgan fingerprint density at radius 3 is 2.33 bits per heavy atom. The lowest BCUT2D eigenvalue weighted by Gasteiger charge is -2.09. The molecule has 0 spiro atoms. The molecule has 12 heavy (non-hydrogen) atoms. The van der Waals surface area contributed by atoms with Crippen LogP contribution in [0.5, 0.6) is 0 Å². The molecule has 70 valence electrons. The van der Waals surface area contributed by atoms with Crippen molar-refractivity contribution in [3.8, 4) is 0 Å². The van der Waals surface area contributed by atoms with E-state index in [1.807, 2.05) is 0 Å². The Labute approximate surface area is 75.2 Å². The van der Waals surface area contributed by atoms with E-state index in [4.69, 9.17) is 5.11 Å². The number of hydrogen-bond acceptors (Lipinski definition) is 3. The Morgan fingerprint density at radius 2 is 2.00 bits per heavy atom. The highest BCUT2D eigenvalue weighted by molar-refractivity contribution is 7.15. The van der Waals surface area contributed by atoms with Crippen LogP contribution in [0, 0.1) is 0 Å². The predicted molar refractivity (Wildman–Crippen MR) is 51.4 cm³/mol. The Hall–Kier alpha value is -0.240. The maximum atomic E-state index is 10.7. The number of rotatable bonds is 5. The van der Waals surface area contributed by atoms with Crippen LogP contribution in [0.3, 0.4) is 0 Å². The summed E-state index contributed by atoms with van der Waals surface area (Å²) in [6.45, 7) is 0. The van der Waals surface area contributed by atoms with Crippen LogP contribution >= 0.6 is 18.8 Å². The second-order valence-electron chi connectivity index (χ2n) is 2.16. The summed E-state index contributed by atoms with van der Waals surface area (Å²) in [6, 6.07) is -0.683. The van der Waals surface area contributed by atoms with Crippen LogP contribution in [0.15, 0.2) is 0 Å². The standard InChI is InChI=1S/C5H12N2O3P2/c8-4(7-12)2-1-3(6-11)5(9)10/h3,6H,1-2,11-12H2,(H,7,8)(H,9,10). The van der Waals surface area contributed by atoms with E-state index in [-0.39, 0.29) is 18.7 Å². The van der Waals surface area contributed by atoms with Gasteiger partial charge in [-0.15, -0.1) is 0 Å². The maximum Gasteiger partial charge on any atom is 0.320 e. The molecule has 0 fully saturated rings. The molecule has 0 aromatic rings. The molecule has 0 saturated heterocycles. The summed E-state index contributed by atoms with van der Waals surface area (Å²) in [7, 11) is 4.18. The normalized spacial score (nSPS) is 12.2. The van der Waals surface area contributed by atoms with Gasteiger partial charge in [-0.1, -0.05) is 9.39 Å². The summed E-state index contributed by atoms with van der Waals surface area (Å²) >= 11 is 0. The molecule has 0 aromatic heterocycles. The van der Waals surface area contributed by atoms with E-state index >= 15 is 0 Å². The van der Waals surface area contributed by atoms with Crippen molar-refractivity contribution in [2.75, 3.05) is 0 Å². The monoisotopic (exact) mass is 210 g/mol. The number of carbonyl (C=O) groups excluding carboxylic acids is 1. The number of nitrogens with one attached hydrogen (secondary N) is 2. The molecule has 0 bridgehead atoms. The molecular formula is C5H12N2O3P2. The first-order chi connectivity index (χ1) is 5.61. The van der Waals surface area contributed by atoms with Crippen LogP contribution in [0.4, 0.5) is 0 Å². The smallest absolute Gasteiger partial charge is 0.320 e. The number of carbonyl (C=O) groups is 2. The van der Waals surface area contributed by atoms with E-state index in [1.54, 1.807) is 0 Å². The van der Waals surface area contributed by atoms with E-state index in [0.717, 1.165) is 0 Å². The minimum atomic E-state index is -0.957. The van der Waals surface area contributed by atoms with Gasteiger partial charge in [0.05, 0.1) is 0 Å². The van der Waals surface area contributed by atoms with Crippen molar-refractivity contribution in [1.29, 1.82) is 0 Å². The Bertz CT molecular complexity index is 176. The molecule has 7 heteroatoms. The van der Waals surface area contributed by atoms with Gasteiger partial charge >= 0.3 is 5.97 Å². The quantitative estimate of drug-likeness (QED) is 0.535. The van der Waals surface area contributed by atoms with Crippen molar-refractivity contribution in [2.24, 2.45) is 0 Å². The van der Waals surface area contributed by atoms with Gasteiger partial charge in [0.15, 0.2) is 0 Å². The fraction of sp³-hybridized carbons (Fsp3) is 0.600. The van der Waals surface area contributed by atoms with Crippen molar-refractivity contribution >= 4 is 30.7 Å². The van der Waals surface area contributed by atoms with Gasteiger partial charge in [0, 0.05) is 6.42 Å². The van der Waals surface area contributed by atoms with Gasteiger partial charge < -0.3 is 10.2 Å². The van der Waals surface area contributed by atoms with Crippen LogP contribution in [0.2, 0.25) is 0 Å². The molecule has 0 aliphatic carbocycles. The topological polar surface area (TPSA) is 78.4 Å². The second-order valence-corrected chi connectivity index (χ2v) is 2.79. The first-order valence-corrected chi connectivity index (χ1v) is 4.45. The number of carboxylic acid groups (broad SMARTS) is 1. The van der Waals surface area contributed by atoms with Gasteiger partial charge in [-0.2, -0.15) is 0 Å². The van der Waals surface area contributed by atoms with Gasteiger partial charge in [-0.25, -0.2) is 0 Å². The minimum Gasteiger partial charge on any atom is -0.480 e. The number of aliphatic carboxylic acids is 1. The molecule has 0 aliphatic rings. The zero-order valence-corrected chi connectivity index (χ0v) is 8.72. The van der Waals surface area contributed by atoms with Crippen molar-refractivity contribution in [3.05, 3.63) is 0 Å². The third-order valence-electron chi connectivity index (χ3n) is 1.32. The second kappa shape index (κ2) is 6.30. The molecule has 5 nitrogen and oxygen atoms in total. The molecule has 0 radical (unpaired) electrons. The Kier molecular flexibility index (Phi) is 6.17. The lowest BCUT2D eigenvalue weighted by molar-refractivity contribution is -0.139. The molecule has 0 heterocycles. The molecule has 3 N–H and O–H groups in total. The summed E-state index contributed by atoms with van der Waals surface area (Å²) in [5.74, 6) is -1.15. The van der Waals surface area contributed by atoms with Crippen molar-refractivity contribution in [2.45, 2.75) is 18.9 Å². The fourth-order valence-corrected chi connectivity index (χ4v) is 1.08. The SMILES string of the molecule is O=C(CCC(NP)C(=O)O)NP. The van der Waals surface area contributed by atoms with Crippen molar-refractivity contribution < 1.29 is 14.7 Å². The number of hydrogen-bond donors (Lipinski definition) is 3. The lowest BCUT2D eigenvalue weighted by atomic mass is 10.2. The summed E-state index contributed by atoms with van der Waals surface area (Å²) in [5.41, 5.74) is 0. The Balaban J connectivity index is 3.73. The van der Waals surface area contributed by atoms with Gasteiger partial charge in [0.1, 0.15) is 6.04 Å². The summed E-state index contributed by atoms with van der Waals surface area (Å²) in [5, 5.41) is 13.4. The number of carboxylic acids is 1. The van der Waals surface area contributed by atoms with Crippen LogP contribution in [-0.2, 0) is 9.59 Å². The summed E-state index contributed by atoms with van der Waals surface area (Å²) in [4.78, 5) is 21.1. The molecule has 3 atom stereocenters. The van der Waals surface area contributed by atoms with Crippen LogP contribution in [0.25, 0.3) is 0 Å². The average Bonchev–Trinajstić information content (AvgIpc) is 2.04.